The number of likely N-dealkylation sites (N-methyl/N-ethyl adjacent to an activating group) is 1. The van der Waals surface area contributed by atoms with Crippen molar-refractivity contribution in [3.63, 3.8) is 0 Å². The molecule has 0 bridgehead atoms. The third kappa shape index (κ3) is 4.06. The van der Waals surface area contributed by atoms with Crippen LogP contribution < -0.4 is 10.6 Å². The zero-order chi connectivity index (χ0) is 15.3. The highest BCUT2D eigenvalue weighted by Crippen LogP contribution is 2.13. The predicted octanol–water partition coefficient (Wildman–Crippen LogP) is 1.57. The molecule has 2 N–H and O–H groups in total. The van der Waals surface area contributed by atoms with E-state index in [2.05, 4.69) is 10.6 Å². The van der Waals surface area contributed by atoms with Gasteiger partial charge in [-0.3, -0.25) is 14.5 Å². The van der Waals surface area contributed by atoms with Gasteiger partial charge in [-0.05, 0) is 44.3 Å². The normalized spacial score (nSPS) is 12.3. The second-order valence-electron chi connectivity index (χ2n) is 5.30. The Hall–Kier alpha value is -1.88. The molecule has 20 heavy (non-hydrogen) atoms. The summed E-state index contributed by atoms with van der Waals surface area (Å²) in [5.41, 5.74) is 1.26. The van der Waals surface area contributed by atoms with E-state index in [1.54, 1.807) is 31.3 Å². The van der Waals surface area contributed by atoms with Crippen LogP contribution in [0.4, 0.5) is 5.69 Å². The first kappa shape index (κ1) is 16.2. The molecule has 0 saturated carbocycles. The van der Waals surface area contributed by atoms with Gasteiger partial charge in [0, 0.05) is 18.3 Å². The molecule has 0 radical (unpaired) electrons. The summed E-state index contributed by atoms with van der Waals surface area (Å²) >= 11 is 0. The fourth-order valence-electron chi connectivity index (χ4n) is 2.20. The van der Waals surface area contributed by atoms with E-state index in [1.807, 2.05) is 32.8 Å². The maximum Gasteiger partial charge on any atom is 0.251 e. The summed E-state index contributed by atoms with van der Waals surface area (Å²) in [4.78, 5) is 25.6. The van der Waals surface area contributed by atoms with Crippen LogP contribution in [0.5, 0.6) is 0 Å². The minimum atomic E-state index is -0.186. The molecule has 0 aromatic heterocycles. The summed E-state index contributed by atoms with van der Waals surface area (Å²) in [7, 11) is 5.36. The van der Waals surface area contributed by atoms with Gasteiger partial charge in [-0.25, -0.2) is 0 Å². The van der Waals surface area contributed by atoms with Crippen LogP contribution in [0.3, 0.4) is 0 Å². The Bertz CT molecular complexity index is 459. The average Bonchev–Trinajstić information content (AvgIpc) is 2.37. The Labute approximate surface area is 120 Å². The zero-order valence-electron chi connectivity index (χ0n) is 12.7. The average molecular weight is 277 g/mol. The number of nitrogens with zero attached hydrogens (tertiary/aromatic N) is 1. The van der Waals surface area contributed by atoms with Crippen LogP contribution in [0.15, 0.2) is 24.3 Å². The molecular weight excluding hydrogens is 254 g/mol. The third-order valence-electron chi connectivity index (χ3n) is 3.10. The number of rotatable bonds is 5. The second kappa shape index (κ2) is 7.05. The van der Waals surface area contributed by atoms with Crippen LogP contribution in [-0.4, -0.2) is 43.9 Å². The van der Waals surface area contributed by atoms with Gasteiger partial charge in [0.2, 0.25) is 5.91 Å². The van der Waals surface area contributed by atoms with Gasteiger partial charge in [0.05, 0.1) is 6.04 Å². The molecule has 1 atom stereocenters. The van der Waals surface area contributed by atoms with E-state index in [1.165, 1.54) is 0 Å². The van der Waals surface area contributed by atoms with Gasteiger partial charge < -0.3 is 10.6 Å². The molecule has 0 aliphatic rings. The van der Waals surface area contributed by atoms with Crippen molar-refractivity contribution in [3.8, 4) is 0 Å². The van der Waals surface area contributed by atoms with Crippen LogP contribution in [0, 0.1) is 5.92 Å². The molecular formula is C15H23N3O2. The van der Waals surface area contributed by atoms with Gasteiger partial charge in [-0.2, -0.15) is 0 Å². The molecule has 0 aliphatic heterocycles. The highest BCUT2D eigenvalue weighted by atomic mass is 16.2. The van der Waals surface area contributed by atoms with Gasteiger partial charge in [0.25, 0.3) is 5.91 Å². The van der Waals surface area contributed by atoms with E-state index >= 15 is 0 Å². The van der Waals surface area contributed by atoms with Crippen molar-refractivity contribution >= 4 is 17.5 Å². The Kier molecular flexibility index (Phi) is 5.70. The SMILES string of the molecule is CNC(=O)c1ccc(NC(=O)[C@H](C(C)C)N(C)C)cc1. The van der Waals surface area contributed by atoms with E-state index in [4.69, 9.17) is 0 Å². The summed E-state index contributed by atoms with van der Waals surface area (Å²) in [6.07, 6.45) is 0. The topological polar surface area (TPSA) is 61.4 Å². The minimum Gasteiger partial charge on any atom is -0.355 e. The fraction of sp³-hybridized carbons (Fsp3) is 0.467. The first-order chi connectivity index (χ1) is 9.36. The summed E-state index contributed by atoms with van der Waals surface area (Å²) in [5, 5.41) is 5.43. The van der Waals surface area contributed by atoms with Crippen molar-refractivity contribution in [1.82, 2.24) is 10.2 Å². The summed E-state index contributed by atoms with van der Waals surface area (Å²) in [6.45, 7) is 4.03. The Balaban J connectivity index is 2.78. The minimum absolute atomic E-state index is 0.0438. The summed E-state index contributed by atoms with van der Waals surface area (Å²) < 4.78 is 0. The van der Waals surface area contributed by atoms with Crippen LogP contribution in [-0.2, 0) is 4.79 Å². The van der Waals surface area contributed by atoms with Crippen LogP contribution >= 0.6 is 0 Å². The number of hydrogen-bond acceptors (Lipinski definition) is 3. The molecule has 5 heteroatoms. The number of carbonyl (C=O) groups is 2. The number of hydrogen-bond donors (Lipinski definition) is 2. The first-order valence-corrected chi connectivity index (χ1v) is 6.66. The van der Waals surface area contributed by atoms with Gasteiger partial charge in [-0.15, -0.1) is 0 Å². The highest BCUT2D eigenvalue weighted by molar-refractivity contribution is 5.97. The number of benzene rings is 1. The lowest BCUT2D eigenvalue weighted by Gasteiger charge is -2.26. The summed E-state index contributed by atoms with van der Waals surface area (Å²) in [5.74, 6) is 0.0315. The summed E-state index contributed by atoms with van der Waals surface area (Å²) in [6, 6.07) is 6.65. The predicted molar refractivity (Wildman–Crippen MR) is 80.8 cm³/mol. The molecule has 0 aliphatic carbocycles. The lowest BCUT2D eigenvalue weighted by Crippen LogP contribution is -2.43. The lowest BCUT2D eigenvalue weighted by molar-refractivity contribution is -0.121. The molecule has 1 aromatic carbocycles. The van der Waals surface area contributed by atoms with Crippen molar-refractivity contribution in [2.24, 2.45) is 5.92 Å². The largest absolute Gasteiger partial charge is 0.355 e. The smallest absolute Gasteiger partial charge is 0.251 e. The van der Waals surface area contributed by atoms with Gasteiger partial charge in [0.1, 0.15) is 0 Å². The number of anilines is 1. The van der Waals surface area contributed by atoms with Crippen molar-refractivity contribution < 1.29 is 9.59 Å². The van der Waals surface area contributed by atoms with Crippen molar-refractivity contribution in [2.45, 2.75) is 19.9 Å². The lowest BCUT2D eigenvalue weighted by atomic mass is 10.0. The number of nitrogens with one attached hydrogen (secondary N) is 2. The number of carbonyl (C=O) groups excluding carboxylic acids is 2. The third-order valence-corrected chi connectivity index (χ3v) is 3.10. The Morgan fingerprint density at radius 3 is 2.05 bits per heavy atom. The molecule has 110 valence electrons. The van der Waals surface area contributed by atoms with E-state index in [0.29, 0.717) is 11.3 Å². The van der Waals surface area contributed by atoms with Crippen molar-refractivity contribution in [3.05, 3.63) is 29.8 Å². The van der Waals surface area contributed by atoms with Crippen LogP contribution in [0.2, 0.25) is 0 Å². The monoisotopic (exact) mass is 277 g/mol. The molecule has 2 amide bonds. The molecule has 5 nitrogen and oxygen atoms in total. The Morgan fingerprint density at radius 2 is 1.65 bits per heavy atom. The van der Waals surface area contributed by atoms with Gasteiger partial charge in [0.15, 0.2) is 0 Å². The van der Waals surface area contributed by atoms with Gasteiger partial charge in [-0.1, -0.05) is 13.8 Å². The quantitative estimate of drug-likeness (QED) is 0.859. The van der Waals surface area contributed by atoms with Gasteiger partial charge >= 0.3 is 0 Å². The molecule has 1 rings (SSSR count). The maximum absolute atomic E-state index is 12.2. The second-order valence-corrected chi connectivity index (χ2v) is 5.30. The van der Waals surface area contributed by atoms with Crippen LogP contribution in [0.1, 0.15) is 24.2 Å². The zero-order valence-corrected chi connectivity index (χ0v) is 12.7. The highest BCUT2D eigenvalue weighted by Gasteiger charge is 2.24. The van der Waals surface area contributed by atoms with Crippen molar-refractivity contribution in [2.75, 3.05) is 26.5 Å². The molecule has 0 saturated heterocycles. The van der Waals surface area contributed by atoms with Crippen molar-refractivity contribution in [1.29, 1.82) is 0 Å². The van der Waals surface area contributed by atoms with E-state index in [0.717, 1.165) is 0 Å². The fourth-order valence-corrected chi connectivity index (χ4v) is 2.20. The Morgan fingerprint density at radius 1 is 1.10 bits per heavy atom. The molecule has 1 aromatic rings. The standard InChI is InChI=1S/C15H23N3O2/c1-10(2)13(18(4)5)15(20)17-12-8-6-11(7-9-12)14(19)16-3/h6-10,13H,1-5H3,(H,16,19)(H,17,20)/t13-/m0/s1. The van der Waals surface area contributed by atoms with E-state index < -0.39 is 0 Å². The molecule has 0 heterocycles. The molecule has 0 unspecified atom stereocenters. The molecule has 0 fully saturated rings. The van der Waals surface area contributed by atoms with Crippen LogP contribution in [0.25, 0.3) is 0 Å². The molecule has 0 spiro atoms. The van der Waals surface area contributed by atoms with E-state index in [9.17, 15) is 9.59 Å². The first-order valence-electron chi connectivity index (χ1n) is 6.66. The maximum atomic E-state index is 12.2. The number of amides is 2. The van der Waals surface area contributed by atoms with E-state index in [-0.39, 0.29) is 23.8 Å².